The minimum atomic E-state index is -3.46. The van der Waals surface area contributed by atoms with Gasteiger partial charge in [-0.25, -0.2) is 13.1 Å². The highest BCUT2D eigenvalue weighted by atomic mass is 32.2. The molecule has 1 saturated carbocycles. The summed E-state index contributed by atoms with van der Waals surface area (Å²) in [7, 11) is -3.46. The Morgan fingerprint density at radius 2 is 1.82 bits per heavy atom. The van der Waals surface area contributed by atoms with E-state index < -0.39 is 10.0 Å². The molecule has 1 aliphatic rings. The van der Waals surface area contributed by atoms with Crippen LogP contribution in [0.3, 0.4) is 0 Å². The van der Waals surface area contributed by atoms with E-state index in [1.165, 1.54) is 44.7 Å². The van der Waals surface area contributed by atoms with Gasteiger partial charge in [0.2, 0.25) is 15.9 Å². The van der Waals surface area contributed by atoms with Crippen molar-refractivity contribution in [1.29, 1.82) is 0 Å². The number of nitrogens with one attached hydrogen (secondary N) is 2. The fraction of sp³-hybridized carbons (Fsp3) is 0.562. The van der Waals surface area contributed by atoms with Gasteiger partial charge in [0.15, 0.2) is 0 Å². The lowest BCUT2D eigenvalue weighted by Crippen LogP contribution is -2.25. The van der Waals surface area contributed by atoms with Crippen LogP contribution in [-0.2, 0) is 14.8 Å². The maximum Gasteiger partial charge on any atom is 0.240 e. The van der Waals surface area contributed by atoms with Gasteiger partial charge in [0.1, 0.15) is 0 Å². The summed E-state index contributed by atoms with van der Waals surface area (Å²) in [6.07, 6.45) is 7.20. The number of benzene rings is 1. The van der Waals surface area contributed by atoms with Gasteiger partial charge in [-0.2, -0.15) is 0 Å². The topological polar surface area (TPSA) is 75.3 Å². The fourth-order valence-corrected chi connectivity index (χ4v) is 3.97. The summed E-state index contributed by atoms with van der Waals surface area (Å²) >= 11 is 0. The predicted molar refractivity (Wildman–Crippen MR) is 87.1 cm³/mol. The number of hydrogen-bond acceptors (Lipinski definition) is 3. The average molecular weight is 324 g/mol. The van der Waals surface area contributed by atoms with Crippen LogP contribution in [0.5, 0.6) is 0 Å². The third-order valence-electron chi connectivity index (χ3n) is 4.04. The molecule has 1 aliphatic carbocycles. The monoisotopic (exact) mass is 324 g/mol. The van der Waals surface area contributed by atoms with Crippen molar-refractivity contribution in [3.63, 3.8) is 0 Å². The van der Waals surface area contributed by atoms with Crippen LogP contribution < -0.4 is 10.0 Å². The second kappa shape index (κ2) is 7.74. The molecule has 1 aromatic rings. The van der Waals surface area contributed by atoms with Crippen molar-refractivity contribution < 1.29 is 13.2 Å². The van der Waals surface area contributed by atoms with Crippen LogP contribution in [0, 0.1) is 5.92 Å². The Bertz CT molecular complexity index is 590. The third kappa shape index (κ3) is 5.10. The molecule has 0 heterocycles. The van der Waals surface area contributed by atoms with Gasteiger partial charge in [-0.3, -0.25) is 4.79 Å². The molecule has 0 spiro atoms. The summed E-state index contributed by atoms with van der Waals surface area (Å²) in [5.74, 6) is 0.599. The van der Waals surface area contributed by atoms with E-state index in [-0.39, 0.29) is 10.8 Å². The van der Waals surface area contributed by atoms with Crippen molar-refractivity contribution in [3.8, 4) is 0 Å². The van der Waals surface area contributed by atoms with E-state index in [2.05, 4.69) is 10.0 Å². The fourth-order valence-electron chi connectivity index (χ4n) is 2.90. The summed E-state index contributed by atoms with van der Waals surface area (Å²) in [6, 6.07) is 6.19. The van der Waals surface area contributed by atoms with Gasteiger partial charge in [0, 0.05) is 19.2 Å². The minimum Gasteiger partial charge on any atom is -0.326 e. The molecule has 0 atom stereocenters. The molecule has 2 rings (SSSR count). The zero-order chi connectivity index (χ0) is 16.0. The van der Waals surface area contributed by atoms with Crippen molar-refractivity contribution in [2.75, 3.05) is 11.9 Å². The van der Waals surface area contributed by atoms with Crippen LogP contribution in [0.2, 0.25) is 0 Å². The molecule has 0 radical (unpaired) electrons. The summed E-state index contributed by atoms with van der Waals surface area (Å²) in [6.45, 7) is 1.89. The summed E-state index contributed by atoms with van der Waals surface area (Å²) in [5.41, 5.74) is 0.590. The first-order chi connectivity index (χ1) is 10.5. The van der Waals surface area contributed by atoms with Gasteiger partial charge in [0.25, 0.3) is 0 Å². The second-order valence-electron chi connectivity index (χ2n) is 5.90. The van der Waals surface area contributed by atoms with E-state index >= 15 is 0 Å². The molecule has 0 aliphatic heterocycles. The number of hydrogen-bond donors (Lipinski definition) is 2. The molecule has 1 fully saturated rings. The highest BCUT2D eigenvalue weighted by Crippen LogP contribution is 2.28. The molecule has 0 aromatic heterocycles. The normalized spacial score (nSPS) is 15.9. The van der Waals surface area contributed by atoms with Gasteiger partial charge in [-0.05, 0) is 43.0 Å². The lowest BCUT2D eigenvalue weighted by Gasteiger charge is -2.10. The summed E-state index contributed by atoms with van der Waals surface area (Å²) in [4.78, 5) is 11.2. The Hall–Kier alpha value is -1.40. The molecule has 5 nitrogen and oxygen atoms in total. The van der Waals surface area contributed by atoms with Crippen LogP contribution in [0.25, 0.3) is 0 Å². The Kier molecular flexibility index (Phi) is 5.97. The van der Waals surface area contributed by atoms with Gasteiger partial charge in [-0.15, -0.1) is 0 Å². The third-order valence-corrected chi connectivity index (χ3v) is 5.52. The van der Waals surface area contributed by atoms with Crippen LogP contribution in [0.15, 0.2) is 29.2 Å². The summed E-state index contributed by atoms with van der Waals surface area (Å²) in [5, 5.41) is 2.61. The SMILES string of the molecule is CC(=O)Nc1ccc(S(=O)(=O)NCCCC2CCCC2)cc1. The Morgan fingerprint density at radius 3 is 2.41 bits per heavy atom. The molecule has 2 N–H and O–H groups in total. The molecule has 1 aromatic carbocycles. The minimum absolute atomic E-state index is 0.180. The molecule has 22 heavy (non-hydrogen) atoms. The van der Waals surface area contributed by atoms with E-state index in [1.807, 2.05) is 0 Å². The standard InChI is InChI=1S/C16H24N2O3S/c1-13(19)18-15-8-10-16(11-9-15)22(20,21)17-12-4-7-14-5-2-3-6-14/h8-11,14,17H,2-7,12H2,1H3,(H,18,19). The first kappa shape index (κ1) is 17.0. The van der Waals surface area contributed by atoms with Gasteiger partial charge >= 0.3 is 0 Å². The maximum atomic E-state index is 12.2. The van der Waals surface area contributed by atoms with Gasteiger partial charge in [-0.1, -0.05) is 25.7 Å². The van der Waals surface area contributed by atoms with Crippen molar-refractivity contribution in [2.24, 2.45) is 5.92 Å². The van der Waals surface area contributed by atoms with Crippen molar-refractivity contribution in [2.45, 2.75) is 50.3 Å². The lowest BCUT2D eigenvalue weighted by atomic mass is 10.0. The van der Waals surface area contributed by atoms with Crippen molar-refractivity contribution in [1.82, 2.24) is 4.72 Å². The highest BCUT2D eigenvalue weighted by molar-refractivity contribution is 7.89. The second-order valence-corrected chi connectivity index (χ2v) is 7.66. The maximum absolute atomic E-state index is 12.2. The van der Waals surface area contributed by atoms with Crippen LogP contribution in [-0.4, -0.2) is 20.9 Å². The number of amides is 1. The van der Waals surface area contributed by atoms with Crippen LogP contribution in [0.4, 0.5) is 5.69 Å². The molecule has 0 bridgehead atoms. The molecule has 6 heteroatoms. The lowest BCUT2D eigenvalue weighted by molar-refractivity contribution is -0.114. The predicted octanol–water partition coefficient (Wildman–Crippen LogP) is 2.89. The molecular formula is C16H24N2O3S. The van der Waals surface area contributed by atoms with E-state index in [1.54, 1.807) is 12.1 Å². The molecule has 0 unspecified atom stereocenters. The van der Waals surface area contributed by atoms with Gasteiger partial charge in [0.05, 0.1) is 4.90 Å². The zero-order valence-corrected chi connectivity index (χ0v) is 13.8. The number of sulfonamides is 1. The van der Waals surface area contributed by atoms with Crippen LogP contribution >= 0.6 is 0 Å². The number of rotatable bonds is 7. The molecular weight excluding hydrogens is 300 g/mol. The average Bonchev–Trinajstić information content (AvgIpc) is 2.97. The van der Waals surface area contributed by atoms with Crippen molar-refractivity contribution in [3.05, 3.63) is 24.3 Å². The largest absolute Gasteiger partial charge is 0.326 e. The number of carbonyl (C=O) groups excluding carboxylic acids is 1. The quantitative estimate of drug-likeness (QED) is 0.757. The molecule has 122 valence electrons. The van der Waals surface area contributed by atoms with E-state index in [9.17, 15) is 13.2 Å². The smallest absolute Gasteiger partial charge is 0.240 e. The zero-order valence-electron chi connectivity index (χ0n) is 13.0. The first-order valence-corrected chi connectivity index (χ1v) is 9.33. The molecule has 1 amide bonds. The van der Waals surface area contributed by atoms with Crippen LogP contribution in [0.1, 0.15) is 45.4 Å². The Morgan fingerprint density at radius 1 is 1.18 bits per heavy atom. The highest BCUT2D eigenvalue weighted by Gasteiger charge is 2.16. The van der Waals surface area contributed by atoms with E-state index in [0.29, 0.717) is 12.2 Å². The van der Waals surface area contributed by atoms with E-state index in [0.717, 1.165) is 18.8 Å². The molecule has 0 saturated heterocycles. The van der Waals surface area contributed by atoms with Gasteiger partial charge < -0.3 is 5.32 Å². The number of carbonyl (C=O) groups is 1. The first-order valence-electron chi connectivity index (χ1n) is 7.85. The number of anilines is 1. The van der Waals surface area contributed by atoms with E-state index in [4.69, 9.17) is 0 Å². The summed E-state index contributed by atoms with van der Waals surface area (Å²) < 4.78 is 27.0. The van der Waals surface area contributed by atoms with Crippen molar-refractivity contribution >= 4 is 21.6 Å². The Balaban J connectivity index is 1.82. The Labute approximate surface area is 132 Å².